The van der Waals surface area contributed by atoms with Crippen LogP contribution in [0.3, 0.4) is 0 Å². The molecule has 0 unspecified atom stereocenters. The number of hydrogen-bond donors (Lipinski definition) is 3. The maximum Gasteiger partial charge on any atom is 0.240 e. The molecule has 0 aromatic heterocycles. The quantitative estimate of drug-likeness (QED) is 0.461. The highest BCUT2D eigenvalue weighted by Crippen LogP contribution is 2.16. The lowest BCUT2D eigenvalue weighted by Gasteiger charge is -2.09. The molecular weight excluding hydrogens is 426 g/mol. The summed E-state index contributed by atoms with van der Waals surface area (Å²) in [5.41, 5.74) is 2.93. The van der Waals surface area contributed by atoms with Crippen LogP contribution < -0.4 is 15.4 Å². The zero-order valence-electron chi connectivity index (χ0n) is 17.7. The van der Waals surface area contributed by atoms with Gasteiger partial charge in [0, 0.05) is 31.3 Å². The average molecular weight is 452 g/mol. The summed E-state index contributed by atoms with van der Waals surface area (Å²) in [7, 11) is -3.62. The Labute approximate surface area is 187 Å². The molecule has 0 aliphatic carbocycles. The first-order valence-corrected chi connectivity index (χ1v) is 11.6. The predicted octanol–water partition coefficient (Wildman–Crippen LogP) is 3.69. The van der Waals surface area contributed by atoms with Crippen molar-refractivity contribution >= 4 is 33.2 Å². The van der Waals surface area contributed by atoms with Crippen LogP contribution in [0.4, 0.5) is 11.4 Å². The van der Waals surface area contributed by atoms with Crippen molar-refractivity contribution in [3.63, 3.8) is 0 Å². The van der Waals surface area contributed by atoms with Crippen molar-refractivity contribution < 1.29 is 18.0 Å². The van der Waals surface area contributed by atoms with Crippen LogP contribution in [0.25, 0.3) is 0 Å². The highest BCUT2D eigenvalue weighted by Gasteiger charge is 2.13. The Morgan fingerprint density at radius 2 is 1.44 bits per heavy atom. The summed E-state index contributed by atoms with van der Waals surface area (Å²) in [6, 6.07) is 22.7. The van der Waals surface area contributed by atoms with Crippen LogP contribution in [0.5, 0.6) is 0 Å². The first kappa shape index (κ1) is 23.2. The average Bonchev–Trinajstić information content (AvgIpc) is 2.77. The predicted molar refractivity (Wildman–Crippen MR) is 125 cm³/mol. The molecule has 0 saturated carbocycles. The third-order valence-electron chi connectivity index (χ3n) is 4.65. The molecule has 0 saturated heterocycles. The molecule has 0 heterocycles. The van der Waals surface area contributed by atoms with E-state index >= 15 is 0 Å². The second-order valence-corrected chi connectivity index (χ2v) is 9.03. The third-order valence-corrected chi connectivity index (χ3v) is 6.07. The van der Waals surface area contributed by atoms with E-state index in [1.54, 1.807) is 36.4 Å². The lowest BCUT2D eigenvalue weighted by atomic mass is 10.1. The molecule has 0 fully saturated rings. The summed E-state index contributed by atoms with van der Waals surface area (Å²) in [6.07, 6.45) is 0.706. The van der Waals surface area contributed by atoms with E-state index in [4.69, 9.17) is 0 Å². The highest BCUT2D eigenvalue weighted by atomic mass is 32.2. The van der Waals surface area contributed by atoms with Crippen molar-refractivity contribution in [2.45, 2.75) is 31.2 Å². The van der Waals surface area contributed by atoms with Crippen molar-refractivity contribution in [3.05, 3.63) is 90.0 Å². The number of sulfonamides is 1. The van der Waals surface area contributed by atoms with Gasteiger partial charge in [-0.05, 0) is 47.9 Å². The van der Waals surface area contributed by atoms with Crippen molar-refractivity contribution in [3.8, 4) is 0 Å². The van der Waals surface area contributed by atoms with E-state index < -0.39 is 10.0 Å². The minimum Gasteiger partial charge on any atom is -0.326 e. The molecule has 2 amide bonds. The van der Waals surface area contributed by atoms with Gasteiger partial charge in [-0.25, -0.2) is 13.1 Å². The lowest BCUT2D eigenvalue weighted by molar-refractivity contribution is -0.116. The Morgan fingerprint density at radius 3 is 2.09 bits per heavy atom. The number of carbonyl (C=O) groups is 2. The fraction of sp³-hybridized carbons (Fsp3) is 0.167. The normalized spacial score (nSPS) is 11.0. The van der Waals surface area contributed by atoms with Crippen LogP contribution >= 0.6 is 0 Å². The van der Waals surface area contributed by atoms with Gasteiger partial charge in [-0.1, -0.05) is 48.5 Å². The molecule has 3 aromatic rings. The SMILES string of the molecule is CC(=O)Nc1cccc(NC(=O)CCc2ccc(S(=O)(=O)NCc3ccccc3)cc2)c1. The maximum absolute atomic E-state index is 12.5. The Kier molecular flexibility index (Phi) is 7.75. The minimum absolute atomic E-state index is 0.175. The first-order chi connectivity index (χ1) is 15.3. The van der Waals surface area contributed by atoms with Gasteiger partial charge in [-0.15, -0.1) is 0 Å². The largest absolute Gasteiger partial charge is 0.326 e. The Balaban J connectivity index is 1.52. The lowest BCUT2D eigenvalue weighted by Crippen LogP contribution is -2.23. The summed E-state index contributed by atoms with van der Waals surface area (Å²) >= 11 is 0. The number of nitrogens with one attached hydrogen (secondary N) is 3. The van der Waals surface area contributed by atoms with Gasteiger partial charge >= 0.3 is 0 Å². The van der Waals surface area contributed by atoms with Crippen molar-refractivity contribution in [1.29, 1.82) is 0 Å². The van der Waals surface area contributed by atoms with Gasteiger partial charge in [0.05, 0.1) is 4.90 Å². The zero-order valence-corrected chi connectivity index (χ0v) is 18.5. The molecule has 32 heavy (non-hydrogen) atoms. The van der Waals surface area contributed by atoms with Gasteiger partial charge in [0.1, 0.15) is 0 Å². The topological polar surface area (TPSA) is 104 Å². The number of rotatable bonds is 9. The van der Waals surface area contributed by atoms with Gasteiger partial charge in [-0.3, -0.25) is 9.59 Å². The molecule has 7 nitrogen and oxygen atoms in total. The molecule has 0 aliphatic rings. The summed E-state index contributed by atoms with van der Waals surface area (Å²) in [4.78, 5) is 23.6. The summed E-state index contributed by atoms with van der Waals surface area (Å²) in [5.74, 6) is -0.361. The van der Waals surface area contributed by atoms with E-state index in [0.29, 0.717) is 17.8 Å². The van der Waals surface area contributed by atoms with Gasteiger partial charge < -0.3 is 10.6 Å². The van der Waals surface area contributed by atoms with Gasteiger partial charge in [0.2, 0.25) is 21.8 Å². The summed E-state index contributed by atoms with van der Waals surface area (Å²) < 4.78 is 27.5. The van der Waals surface area contributed by atoms with Gasteiger partial charge in [0.15, 0.2) is 0 Å². The van der Waals surface area contributed by atoms with Crippen LogP contribution in [0.2, 0.25) is 0 Å². The maximum atomic E-state index is 12.5. The summed E-state index contributed by atoms with van der Waals surface area (Å²) in [5, 5.41) is 5.47. The van der Waals surface area contributed by atoms with E-state index in [2.05, 4.69) is 15.4 Å². The highest BCUT2D eigenvalue weighted by molar-refractivity contribution is 7.89. The molecule has 0 aliphatic heterocycles. The van der Waals surface area contributed by atoms with Gasteiger partial charge in [0.25, 0.3) is 0 Å². The number of benzene rings is 3. The molecule has 8 heteroatoms. The van der Waals surface area contributed by atoms with Crippen molar-refractivity contribution in [2.24, 2.45) is 0 Å². The number of amides is 2. The van der Waals surface area contributed by atoms with E-state index in [-0.39, 0.29) is 29.7 Å². The van der Waals surface area contributed by atoms with Crippen molar-refractivity contribution in [1.82, 2.24) is 4.72 Å². The van der Waals surface area contributed by atoms with Crippen LogP contribution in [0, 0.1) is 0 Å². The smallest absolute Gasteiger partial charge is 0.240 e. The van der Waals surface area contributed by atoms with Crippen LogP contribution in [-0.2, 0) is 32.6 Å². The first-order valence-electron chi connectivity index (χ1n) is 10.1. The number of anilines is 2. The van der Waals surface area contributed by atoms with Crippen LogP contribution in [-0.4, -0.2) is 20.2 Å². The number of hydrogen-bond acceptors (Lipinski definition) is 4. The fourth-order valence-corrected chi connectivity index (χ4v) is 4.07. The monoisotopic (exact) mass is 451 g/mol. The Bertz CT molecular complexity index is 1180. The number of aryl methyl sites for hydroxylation is 1. The molecule has 3 N–H and O–H groups in total. The summed E-state index contributed by atoms with van der Waals surface area (Å²) in [6.45, 7) is 1.63. The molecule has 0 radical (unpaired) electrons. The third kappa shape index (κ3) is 7.04. The van der Waals surface area contributed by atoms with E-state index in [9.17, 15) is 18.0 Å². The molecule has 0 spiro atoms. The minimum atomic E-state index is -3.62. The van der Waals surface area contributed by atoms with E-state index in [0.717, 1.165) is 11.1 Å². The zero-order chi connectivity index (χ0) is 23.0. The van der Waals surface area contributed by atoms with Crippen LogP contribution in [0.15, 0.2) is 83.8 Å². The Hall–Kier alpha value is -3.49. The second-order valence-electron chi connectivity index (χ2n) is 7.26. The second kappa shape index (κ2) is 10.7. The fourth-order valence-electron chi connectivity index (χ4n) is 3.05. The molecular formula is C24H25N3O4S. The Morgan fingerprint density at radius 1 is 0.781 bits per heavy atom. The molecule has 3 rings (SSSR count). The van der Waals surface area contributed by atoms with Gasteiger partial charge in [-0.2, -0.15) is 0 Å². The van der Waals surface area contributed by atoms with E-state index in [1.807, 2.05) is 30.3 Å². The molecule has 0 atom stereocenters. The number of carbonyl (C=O) groups excluding carboxylic acids is 2. The standard InChI is InChI=1S/C24H25N3O4S/c1-18(28)26-21-8-5-9-22(16-21)27-24(29)15-12-19-10-13-23(14-11-19)32(30,31)25-17-20-6-3-2-4-7-20/h2-11,13-14,16,25H,12,15,17H2,1H3,(H,26,28)(H,27,29). The molecule has 166 valence electrons. The van der Waals surface area contributed by atoms with Crippen molar-refractivity contribution in [2.75, 3.05) is 10.6 Å². The molecule has 3 aromatic carbocycles. The van der Waals surface area contributed by atoms with Crippen LogP contribution in [0.1, 0.15) is 24.5 Å². The molecule has 0 bridgehead atoms. The van der Waals surface area contributed by atoms with E-state index in [1.165, 1.54) is 19.1 Å².